The molecule has 4 aliphatic carbocycles. The molecule has 0 bridgehead atoms. The fourth-order valence-corrected chi connectivity index (χ4v) is 8.00. The average Bonchev–Trinajstić information content (AvgIpc) is 2.96. The minimum atomic E-state index is -1.04. The van der Waals surface area contributed by atoms with E-state index in [9.17, 15) is 14.4 Å². The second-order valence-corrected chi connectivity index (χ2v) is 10.9. The molecule has 0 aromatic heterocycles. The van der Waals surface area contributed by atoms with Crippen molar-refractivity contribution in [1.82, 2.24) is 0 Å². The molecule has 7 atom stereocenters. The Hall–Kier alpha value is -1.62. The van der Waals surface area contributed by atoms with Crippen molar-refractivity contribution in [3.63, 3.8) is 0 Å². The highest BCUT2D eigenvalue weighted by Gasteiger charge is 2.67. The second kappa shape index (κ2) is 7.47. The van der Waals surface area contributed by atoms with Gasteiger partial charge in [0.05, 0.1) is 0 Å². The Morgan fingerprint density at radius 1 is 0.935 bits per heavy atom. The molecule has 31 heavy (non-hydrogen) atoms. The maximum atomic E-state index is 12.8. The molecule has 0 radical (unpaired) electrons. The molecule has 0 heterocycles. The Kier molecular flexibility index (Phi) is 5.44. The number of rotatable bonds is 3. The van der Waals surface area contributed by atoms with Crippen molar-refractivity contribution < 1.29 is 23.9 Å². The topological polar surface area (TPSA) is 69.7 Å². The SMILES string of the molecule is CC(=O)O[C@@H]1C=C2C(Cl)=C[C@H]3C4CC[C@](OC(C)=O)(C(C)=O)[C@@]4(C)CC[C@@H]3[C@@]2(C)CC1. The number of halogens is 1. The summed E-state index contributed by atoms with van der Waals surface area (Å²) in [6.07, 6.45) is 8.89. The van der Waals surface area contributed by atoms with Gasteiger partial charge in [0.1, 0.15) is 6.10 Å². The summed E-state index contributed by atoms with van der Waals surface area (Å²) in [4.78, 5) is 36.2. The highest BCUT2D eigenvalue weighted by atomic mass is 35.5. The number of allylic oxidation sites excluding steroid dienone is 3. The van der Waals surface area contributed by atoms with Gasteiger partial charge in [-0.1, -0.05) is 31.5 Å². The number of carbonyl (C=O) groups excluding carboxylic acids is 3. The Labute approximate surface area is 189 Å². The number of fused-ring (bicyclic) bond motifs is 5. The molecule has 4 aliphatic rings. The number of ether oxygens (including phenoxy) is 2. The third-order valence-electron chi connectivity index (χ3n) is 8.99. The van der Waals surface area contributed by atoms with Gasteiger partial charge in [-0.05, 0) is 80.3 Å². The molecular weight excluding hydrogens is 416 g/mol. The Morgan fingerprint density at radius 3 is 2.23 bits per heavy atom. The quantitative estimate of drug-likeness (QED) is 0.561. The van der Waals surface area contributed by atoms with E-state index >= 15 is 0 Å². The molecule has 2 saturated carbocycles. The molecule has 6 heteroatoms. The van der Waals surface area contributed by atoms with Crippen LogP contribution in [0.25, 0.3) is 0 Å². The summed E-state index contributed by atoms with van der Waals surface area (Å²) in [7, 11) is 0. The molecule has 170 valence electrons. The van der Waals surface area contributed by atoms with Crippen LogP contribution in [-0.2, 0) is 23.9 Å². The number of hydrogen-bond donors (Lipinski definition) is 0. The minimum Gasteiger partial charge on any atom is -0.458 e. The van der Waals surface area contributed by atoms with Crippen molar-refractivity contribution in [2.45, 2.75) is 84.8 Å². The zero-order chi connectivity index (χ0) is 22.8. The van der Waals surface area contributed by atoms with E-state index < -0.39 is 17.0 Å². The largest absolute Gasteiger partial charge is 0.458 e. The predicted molar refractivity (Wildman–Crippen MR) is 117 cm³/mol. The Bertz CT molecular complexity index is 890. The van der Waals surface area contributed by atoms with Crippen LogP contribution in [-0.4, -0.2) is 29.4 Å². The molecule has 0 aromatic rings. The summed E-state index contributed by atoms with van der Waals surface area (Å²) < 4.78 is 11.3. The lowest BCUT2D eigenvalue weighted by Crippen LogP contribution is -2.58. The molecular formula is C25H33ClO5. The van der Waals surface area contributed by atoms with Gasteiger partial charge >= 0.3 is 11.9 Å². The number of Topliss-reactive ketones (excluding diaryl/α,β-unsaturated/α-hetero) is 1. The first-order chi connectivity index (χ1) is 14.4. The smallest absolute Gasteiger partial charge is 0.303 e. The van der Waals surface area contributed by atoms with E-state index in [-0.39, 0.29) is 35.1 Å². The molecule has 0 spiro atoms. The van der Waals surface area contributed by atoms with Gasteiger partial charge in [0.25, 0.3) is 0 Å². The summed E-state index contributed by atoms with van der Waals surface area (Å²) in [5, 5.41) is 0.734. The normalized spacial score (nSPS) is 43.5. The van der Waals surface area contributed by atoms with Crippen molar-refractivity contribution in [3.05, 3.63) is 22.8 Å². The van der Waals surface area contributed by atoms with E-state index in [4.69, 9.17) is 21.1 Å². The summed E-state index contributed by atoms with van der Waals surface area (Å²) >= 11 is 6.86. The van der Waals surface area contributed by atoms with Crippen LogP contribution in [0.5, 0.6) is 0 Å². The fraction of sp³-hybridized carbons (Fsp3) is 0.720. The monoisotopic (exact) mass is 448 g/mol. The van der Waals surface area contributed by atoms with Gasteiger partial charge in [0, 0.05) is 24.3 Å². The third kappa shape index (κ3) is 3.21. The third-order valence-corrected chi connectivity index (χ3v) is 9.32. The van der Waals surface area contributed by atoms with Gasteiger partial charge in [-0.15, -0.1) is 0 Å². The molecule has 2 fully saturated rings. The lowest BCUT2D eigenvalue weighted by Gasteiger charge is -2.58. The molecule has 1 unspecified atom stereocenters. The minimum absolute atomic E-state index is 0.0503. The number of carbonyl (C=O) groups is 3. The Balaban J connectivity index is 1.73. The van der Waals surface area contributed by atoms with E-state index in [0.717, 1.165) is 42.7 Å². The van der Waals surface area contributed by atoms with Crippen LogP contribution >= 0.6 is 11.6 Å². The number of ketones is 1. The Morgan fingerprint density at radius 2 is 1.61 bits per heavy atom. The second-order valence-electron chi connectivity index (χ2n) is 10.5. The van der Waals surface area contributed by atoms with Crippen LogP contribution in [0.3, 0.4) is 0 Å². The molecule has 0 saturated heterocycles. The molecule has 0 N–H and O–H groups in total. The van der Waals surface area contributed by atoms with Crippen LogP contribution in [0.1, 0.15) is 73.1 Å². The van der Waals surface area contributed by atoms with Crippen LogP contribution < -0.4 is 0 Å². The van der Waals surface area contributed by atoms with E-state index in [1.807, 2.05) is 6.08 Å². The van der Waals surface area contributed by atoms with Crippen molar-refractivity contribution in [3.8, 4) is 0 Å². The molecule has 4 rings (SSSR count). The summed E-state index contributed by atoms with van der Waals surface area (Å²) in [5.41, 5.74) is -0.436. The lowest BCUT2D eigenvalue weighted by atomic mass is 9.48. The maximum Gasteiger partial charge on any atom is 0.303 e. The molecule has 0 aromatic carbocycles. The highest BCUT2D eigenvalue weighted by Crippen LogP contribution is 2.68. The number of hydrogen-bond acceptors (Lipinski definition) is 5. The van der Waals surface area contributed by atoms with Crippen molar-refractivity contribution in [2.75, 3.05) is 0 Å². The zero-order valence-corrected chi connectivity index (χ0v) is 19.9. The van der Waals surface area contributed by atoms with Gasteiger partial charge in [-0.25, -0.2) is 0 Å². The highest BCUT2D eigenvalue weighted by molar-refractivity contribution is 6.32. The lowest BCUT2D eigenvalue weighted by molar-refractivity contribution is -0.185. The standard InChI is InChI=1S/C25H33ClO5/c1-14(27)25(31-16(3)29)11-8-20-18-13-22(26)21-12-17(30-15(2)28)6-9-23(21,4)19(18)7-10-24(20,25)5/h12-13,17-20H,6-11H2,1-5H3/t17-,18+,19-,20?,23+,24-,25-/m0/s1. The number of esters is 2. The first kappa shape index (κ1) is 22.6. The molecule has 0 aliphatic heterocycles. The van der Waals surface area contributed by atoms with E-state index in [1.54, 1.807) is 6.92 Å². The van der Waals surface area contributed by atoms with Gasteiger partial charge in [0.2, 0.25) is 0 Å². The van der Waals surface area contributed by atoms with Crippen LogP contribution in [0, 0.1) is 28.6 Å². The molecule has 5 nitrogen and oxygen atoms in total. The van der Waals surface area contributed by atoms with Crippen molar-refractivity contribution in [2.24, 2.45) is 28.6 Å². The van der Waals surface area contributed by atoms with Crippen LogP contribution in [0.15, 0.2) is 22.8 Å². The molecule has 0 amide bonds. The van der Waals surface area contributed by atoms with Gasteiger partial charge in [-0.2, -0.15) is 0 Å². The zero-order valence-electron chi connectivity index (χ0n) is 19.1. The van der Waals surface area contributed by atoms with E-state index in [0.29, 0.717) is 12.3 Å². The summed E-state index contributed by atoms with van der Waals surface area (Å²) in [5.74, 6) is 0.147. The first-order valence-corrected chi connectivity index (χ1v) is 11.8. The van der Waals surface area contributed by atoms with Gasteiger partial charge < -0.3 is 9.47 Å². The van der Waals surface area contributed by atoms with Crippen LogP contribution in [0.4, 0.5) is 0 Å². The van der Waals surface area contributed by atoms with E-state index in [1.165, 1.54) is 13.8 Å². The summed E-state index contributed by atoms with van der Waals surface area (Å²) in [6, 6.07) is 0. The summed E-state index contributed by atoms with van der Waals surface area (Å²) in [6.45, 7) is 8.82. The predicted octanol–water partition coefficient (Wildman–Crippen LogP) is 5.11. The van der Waals surface area contributed by atoms with Gasteiger partial charge in [0.15, 0.2) is 11.4 Å². The fourth-order valence-electron chi connectivity index (χ4n) is 7.57. The maximum absolute atomic E-state index is 12.8. The van der Waals surface area contributed by atoms with Crippen LogP contribution in [0.2, 0.25) is 0 Å². The van der Waals surface area contributed by atoms with Crippen molar-refractivity contribution >= 4 is 29.3 Å². The van der Waals surface area contributed by atoms with Gasteiger partial charge in [-0.3, -0.25) is 14.4 Å². The van der Waals surface area contributed by atoms with Crippen molar-refractivity contribution in [1.29, 1.82) is 0 Å². The van der Waals surface area contributed by atoms with E-state index in [2.05, 4.69) is 19.9 Å². The first-order valence-electron chi connectivity index (χ1n) is 11.4. The average molecular weight is 449 g/mol.